The van der Waals surface area contributed by atoms with Crippen LogP contribution in [0, 0.1) is 11.8 Å². The topological polar surface area (TPSA) is 29.5 Å². The SMILES string of the molecule is CC(C)(C)[Si](C)(C)OCCCC#CCCCO. The molecule has 0 saturated carbocycles. The van der Waals surface area contributed by atoms with Crippen LogP contribution in [-0.2, 0) is 4.43 Å². The molecule has 0 saturated heterocycles. The van der Waals surface area contributed by atoms with Crippen LogP contribution >= 0.6 is 0 Å². The van der Waals surface area contributed by atoms with Gasteiger partial charge in [-0.15, -0.1) is 11.8 Å². The molecule has 0 aliphatic heterocycles. The number of hydrogen-bond donors (Lipinski definition) is 1. The summed E-state index contributed by atoms with van der Waals surface area (Å²) in [5, 5.41) is 8.88. The lowest BCUT2D eigenvalue weighted by molar-refractivity contribution is 0.284. The van der Waals surface area contributed by atoms with Gasteiger partial charge >= 0.3 is 0 Å². The first kappa shape index (κ1) is 16.7. The minimum absolute atomic E-state index is 0.239. The van der Waals surface area contributed by atoms with Crippen molar-refractivity contribution in [2.24, 2.45) is 0 Å². The molecule has 2 nitrogen and oxygen atoms in total. The molecule has 0 spiro atoms. The van der Waals surface area contributed by atoms with Crippen molar-refractivity contribution in [1.82, 2.24) is 0 Å². The average molecular weight is 256 g/mol. The minimum atomic E-state index is -1.57. The smallest absolute Gasteiger partial charge is 0.191 e. The van der Waals surface area contributed by atoms with E-state index in [9.17, 15) is 0 Å². The van der Waals surface area contributed by atoms with Crippen LogP contribution in [0.4, 0.5) is 0 Å². The summed E-state index contributed by atoms with van der Waals surface area (Å²) in [6, 6.07) is 0. The Bertz CT molecular complexity index is 256. The Morgan fingerprint density at radius 3 is 2.06 bits per heavy atom. The van der Waals surface area contributed by atoms with Crippen molar-refractivity contribution in [3.63, 3.8) is 0 Å². The largest absolute Gasteiger partial charge is 0.417 e. The lowest BCUT2D eigenvalue weighted by Gasteiger charge is -2.36. The maximum absolute atomic E-state index is 8.59. The Labute approximate surface area is 108 Å². The molecule has 3 heteroatoms. The quantitative estimate of drug-likeness (QED) is 0.447. The van der Waals surface area contributed by atoms with Gasteiger partial charge in [0.25, 0.3) is 0 Å². The van der Waals surface area contributed by atoms with Crippen LogP contribution in [-0.4, -0.2) is 26.6 Å². The Morgan fingerprint density at radius 1 is 1.06 bits per heavy atom. The van der Waals surface area contributed by atoms with Crippen LogP contribution in [0.1, 0.15) is 46.5 Å². The molecule has 0 aromatic heterocycles. The number of aliphatic hydroxyl groups excluding tert-OH is 1. The van der Waals surface area contributed by atoms with Gasteiger partial charge in [-0.25, -0.2) is 0 Å². The number of aliphatic hydroxyl groups is 1. The summed E-state index contributed by atoms with van der Waals surface area (Å²) in [6.07, 6.45) is 3.51. The summed E-state index contributed by atoms with van der Waals surface area (Å²) < 4.78 is 6.05. The van der Waals surface area contributed by atoms with Gasteiger partial charge in [-0.05, 0) is 31.0 Å². The minimum Gasteiger partial charge on any atom is -0.417 e. The fourth-order valence-electron chi connectivity index (χ4n) is 1.05. The lowest BCUT2D eigenvalue weighted by atomic mass is 10.2. The van der Waals surface area contributed by atoms with E-state index >= 15 is 0 Å². The van der Waals surface area contributed by atoms with Crippen molar-refractivity contribution in [3.8, 4) is 11.8 Å². The van der Waals surface area contributed by atoms with Crippen LogP contribution in [0.15, 0.2) is 0 Å². The summed E-state index contributed by atoms with van der Waals surface area (Å²) in [5.41, 5.74) is 0. The summed E-state index contributed by atoms with van der Waals surface area (Å²) in [7, 11) is -1.57. The molecule has 0 amide bonds. The van der Waals surface area contributed by atoms with Crippen LogP contribution in [0.3, 0.4) is 0 Å². The highest BCUT2D eigenvalue weighted by molar-refractivity contribution is 6.74. The fraction of sp³-hybridized carbons (Fsp3) is 0.857. The zero-order valence-corrected chi connectivity index (χ0v) is 13.1. The molecule has 0 aliphatic rings. The van der Waals surface area contributed by atoms with Gasteiger partial charge in [0.05, 0.1) is 0 Å². The molecule has 0 aromatic rings. The average Bonchev–Trinajstić information content (AvgIpc) is 2.20. The predicted octanol–water partition coefficient (Wildman–Crippen LogP) is 3.56. The van der Waals surface area contributed by atoms with E-state index < -0.39 is 8.32 Å². The highest BCUT2D eigenvalue weighted by Gasteiger charge is 2.36. The van der Waals surface area contributed by atoms with Gasteiger partial charge in [0.15, 0.2) is 8.32 Å². The summed E-state index contributed by atoms with van der Waals surface area (Å²) in [4.78, 5) is 0. The Hall–Kier alpha value is -0.303. The monoisotopic (exact) mass is 256 g/mol. The van der Waals surface area contributed by atoms with Crippen LogP contribution < -0.4 is 0 Å². The molecule has 0 fully saturated rings. The number of unbranched alkanes of at least 4 members (excludes halogenated alkanes) is 2. The second-order valence-electron chi connectivity index (χ2n) is 5.89. The Kier molecular flexibility index (Phi) is 7.77. The molecule has 0 rings (SSSR count). The van der Waals surface area contributed by atoms with Crippen molar-refractivity contribution in [2.45, 2.75) is 64.6 Å². The Morgan fingerprint density at radius 2 is 1.59 bits per heavy atom. The maximum Gasteiger partial charge on any atom is 0.191 e. The van der Waals surface area contributed by atoms with Gasteiger partial charge in [-0.1, -0.05) is 20.8 Å². The van der Waals surface area contributed by atoms with Crippen molar-refractivity contribution >= 4 is 8.32 Å². The van der Waals surface area contributed by atoms with Crippen LogP contribution in [0.5, 0.6) is 0 Å². The molecular weight excluding hydrogens is 228 g/mol. The Balaban J connectivity index is 3.67. The fourth-order valence-corrected chi connectivity index (χ4v) is 2.14. The van der Waals surface area contributed by atoms with Gasteiger partial charge in [0, 0.05) is 26.1 Å². The van der Waals surface area contributed by atoms with E-state index in [2.05, 4.69) is 45.7 Å². The van der Waals surface area contributed by atoms with E-state index in [1.807, 2.05) is 0 Å². The third-order valence-electron chi connectivity index (χ3n) is 3.30. The summed E-state index contributed by atoms with van der Waals surface area (Å²) >= 11 is 0. The van der Waals surface area contributed by atoms with Crippen LogP contribution in [0.2, 0.25) is 18.1 Å². The van der Waals surface area contributed by atoms with Crippen molar-refractivity contribution in [1.29, 1.82) is 0 Å². The molecule has 0 heterocycles. The van der Waals surface area contributed by atoms with Crippen molar-refractivity contribution in [3.05, 3.63) is 0 Å². The first-order chi connectivity index (χ1) is 7.81. The normalized spacial score (nSPS) is 12.1. The molecule has 100 valence electrons. The van der Waals surface area contributed by atoms with E-state index in [-0.39, 0.29) is 6.61 Å². The number of hydrogen-bond acceptors (Lipinski definition) is 2. The van der Waals surface area contributed by atoms with Crippen LogP contribution in [0.25, 0.3) is 0 Å². The van der Waals surface area contributed by atoms with Gasteiger partial charge in [-0.3, -0.25) is 0 Å². The zero-order chi connectivity index (χ0) is 13.4. The predicted molar refractivity (Wildman–Crippen MR) is 76.5 cm³/mol. The maximum atomic E-state index is 8.59. The number of rotatable bonds is 6. The van der Waals surface area contributed by atoms with E-state index in [1.54, 1.807) is 0 Å². The lowest BCUT2D eigenvalue weighted by Crippen LogP contribution is -2.40. The standard InChI is InChI=1S/C14H28O2Si/c1-14(2,3)17(4,5)16-13-11-9-7-6-8-10-12-15/h15H,8-13H2,1-5H3. The summed E-state index contributed by atoms with van der Waals surface area (Å²) in [5.74, 6) is 6.18. The van der Waals surface area contributed by atoms with Crippen molar-refractivity contribution < 1.29 is 9.53 Å². The zero-order valence-electron chi connectivity index (χ0n) is 12.1. The molecule has 17 heavy (non-hydrogen) atoms. The molecule has 0 radical (unpaired) electrons. The molecule has 0 bridgehead atoms. The molecule has 1 N–H and O–H groups in total. The third kappa shape index (κ3) is 7.59. The first-order valence-electron chi connectivity index (χ1n) is 6.52. The third-order valence-corrected chi connectivity index (χ3v) is 7.84. The van der Waals surface area contributed by atoms with E-state index in [4.69, 9.17) is 9.53 Å². The van der Waals surface area contributed by atoms with Gasteiger partial charge < -0.3 is 9.53 Å². The highest BCUT2D eigenvalue weighted by atomic mass is 28.4. The molecular formula is C14H28O2Si. The molecule has 0 aliphatic carbocycles. The van der Waals surface area contributed by atoms with Crippen molar-refractivity contribution in [2.75, 3.05) is 13.2 Å². The highest BCUT2D eigenvalue weighted by Crippen LogP contribution is 2.36. The molecule has 0 atom stereocenters. The molecule has 0 unspecified atom stereocenters. The van der Waals surface area contributed by atoms with Gasteiger partial charge in [0.1, 0.15) is 0 Å². The van der Waals surface area contributed by atoms with E-state index in [1.165, 1.54) is 0 Å². The molecule has 0 aromatic carbocycles. The summed E-state index contributed by atoms with van der Waals surface area (Å²) in [6.45, 7) is 12.4. The van der Waals surface area contributed by atoms with E-state index in [0.717, 1.165) is 32.3 Å². The van der Waals surface area contributed by atoms with Gasteiger partial charge in [0.2, 0.25) is 0 Å². The first-order valence-corrected chi connectivity index (χ1v) is 9.42. The van der Waals surface area contributed by atoms with Gasteiger partial charge in [-0.2, -0.15) is 0 Å². The second-order valence-corrected chi connectivity index (χ2v) is 10.7. The van der Waals surface area contributed by atoms with E-state index in [0.29, 0.717) is 5.04 Å². The second kappa shape index (κ2) is 7.92.